The minimum absolute atomic E-state index is 0.812. The number of para-hydroxylation sites is 1. The van der Waals surface area contributed by atoms with Gasteiger partial charge in [0.2, 0.25) is 0 Å². The summed E-state index contributed by atoms with van der Waals surface area (Å²) < 4.78 is 1.23. The van der Waals surface area contributed by atoms with Crippen molar-refractivity contribution in [3.05, 3.63) is 28.2 Å². The number of halogens is 1. The third-order valence-electron chi connectivity index (χ3n) is 3.92. The highest BCUT2D eigenvalue weighted by atomic mass is 79.9. The van der Waals surface area contributed by atoms with Crippen molar-refractivity contribution >= 4 is 21.6 Å². The molecule has 3 rings (SSSR count). The lowest BCUT2D eigenvalue weighted by Crippen LogP contribution is -2.27. The van der Waals surface area contributed by atoms with E-state index in [1.54, 1.807) is 5.56 Å². The van der Waals surface area contributed by atoms with Crippen LogP contribution in [0.15, 0.2) is 22.7 Å². The number of benzene rings is 1. The lowest BCUT2D eigenvalue weighted by atomic mass is 9.70. The highest BCUT2D eigenvalue weighted by molar-refractivity contribution is 9.10. The molecule has 1 saturated carbocycles. The zero-order valence-electron chi connectivity index (χ0n) is 8.80. The van der Waals surface area contributed by atoms with Crippen molar-refractivity contribution < 1.29 is 0 Å². The van der Waals surface area contributed by atoms with E-state index < -0.39 is 0 Å². The minimum Gasteiger partial charge on any atom is -0.384 e. The molecule has 1 aliphatic carbocycles. The van der Waals surface area contributed by atoms with Crippen molar-refractivity contribution in [3.63, 3.8) is 0 Å². The Balaban J connectivity index is 1.98. The van der Waals surface area contributed by atoms with Crippen LogP contribution in [0.1, 0.15) is 37.2 Å². The van der Waals surface area contributed by atoms with Crippen LogP contribution in [0.25, 0.3) is 0 Å². The fraction of sp³-hybridized carbons (Fsp3) is 0.538. The topological polar surface area (TPSA) is 12.0 Å². The Labute approximate surface area is 99.4 Å². The Morgan fingerprint density at radius 2 is 2.07 bits per heavy atom. The van der Waals surface area contributed by atoms with E-state index in [0.29, 0.717) is 0 Å². The second-order valence-electron chi connectivity index (χ2n) is 4.72. The molecule has 80 valence electrons. The number of rotatable bonds is 1. The summed E-state index contributed by atoms with van der Waals surface area (Å²) >= 11 is 3.64. The quantitative estimate of drug-likeness (QED) is 0.805. The van der Waals surface area contributed by atoms with Gasteiger partial charge in [0.05, 0.1) is 5.69 Å². The van der Waals surface area contributed by atoms with Crippen molar-refractivity contribution in [1.29, 1.82) is 0 Å². The maximum atomic E-state index is 3.64. The van der Waals surface area contributed by atoms with Gasteiger partial charge in [-0.3, -0.25) is 0 Å². The van der Waals surface area contributed by atoms with Crippen molar-refractivity contribution in [1.82, 2.24) is 0 Å². The summed E-state index contributed by atoms with van der Waals surface area (Å²) in [6.07, 6.45) is 5.64. The van der Waals surface area contributed by atoms with Gasteiger partial charge in [-0.05, 0) is 58.7 Å². The second-order valence-corrected chi connectivity index (χ2v) is 5.57. The Morgan fingerprint density at radius 3 is 2.80 bits per heavy atom. The second kappa shape index (κ2) is 3.82. The van der Waals surface area contributed by atoms with Gasteiger partial charge in [0.1, 0.15) is 0 Å². The average molecular weight is 266 g/mol. The standard InChI is InChI=1S/C13H16BrN/c14-12-6-2-5-11-10(9-3-1-4-9)7-8-15-13(11)12/h2,5-6,9-10,15H,1,3-4,7-8H2. The summed E-state index contributed by atoms with van der Waals surface area (Å²) in [6.45, 7) is 1.14. The molecular weight excluding hydrogens is 250 g/mol. The van der Waals surface area contributed by atoms with E-state index in [1.165, 1.54) is 35.8 Å². The molecule has 1 fully saturated rings. The van der Waals surface area contributed by atoms with E-state index in [4.69, 9.17) is 0 Å². The van der Waals surface area contributed by atoms with Crippen LogP contribution in [0.3, 0.4) is 0 Å². The number of fused-ring (bicyclic) bond motifs is 1. The fourth-order valence-corrected chi connectivity index (χ4v) is 3.40. The lowest BCUT2D eigenvalue weighted by molar-refractivity contribution is 0.252. The first-order valence-electron chi connectivity index (χ1n) is 5.88. The average Bonchev–Trinajstić information content (AvgIpc) is 2.17. The molecule has 0 spiro atoms. The number of hydrogen-bond donors (Lipinski definition) is 1. The van der Waals surface area contributed by atoms with Gasteiger partial charge in [0, 0.05) is 11.0 Å². The molecule has 0 bridgehead atoms. The minimum atomic E-state index is 0.812. The molecule has 2 aliphatic rings. The van der Waals surface area contributed by atoms with E-state index in [2.05, 4.69) is 39.4 Å². The van der Waals surface area contributed by atoms with Gasteiger partial charge in [-0.2, -0.15) is 0 Å². The lowest BCUT2D eigenvalue weighted by Gasteiger charge is -2.38. The summed E-state index contributed by atoms with van der Waals surface area (Å²) in [5, 5.41) is 3.52. The molecule has 1 aromatic rings. The fourth-order valence-electron chi connectivity index (χ4n) is 2.88. The first-order chi connectivity index (χ1) is 7.36. The van der Waals surface area contributed by atoms with Crippen LogP contribution >= 0.6 is 15.9 Å². The van der Waals surface area contributed by atoms with E-state index in [9.17, 15) is 0 Å². The van der Waals surface area contributed by atoms with Crippen LogP contribution in [-0.2, 0) is 0 Å². The zero-order valence-corrected chi connectivity index (χ0v) is 10.4. The molecule has 1 unspecified atom stereocenters. The predicted molar refractivity (Wildman–Crippen MR) is 67.3 cm³/mol. The van der Waals surface area contributed by atoms with Crippen molar-refractivity contribution in [2.45, 2.75) is 31.6 Å². The Bertz CT molecular complexity index is 371. The molecule has 1 aromatic carbocycles. The molecule has 1 heterocycles. The van der Waals surface area contributed by atoms with Crippen LogP contribution in [-0.4, -0.2) is 6.54 Å². The van der Waals surface area contributed by atoms with Gasteiger partial charge < -0.3 is 5.32 Å². The third kappa shape index (κ3) is 1.59. The maximum absolute atomic E-state index is 3.64. The van der Waals surface area contributed by atoms with Crippen LogP contribution < -0.4 is 5.32 Å². The number of hydrogen-bond acceptors (Lipinski definition) is 1. The maximum Gasteiger partial charge on any atom is 0.0520 e. The molecule has 1 nitrogen and oxygen atoms in total. The van der Waals surface area contributed by atoms with Crippen molar-refractivity contribution in [2.24, 2.45) is 5.92 Å². The van der Waals surface area contributed by atoms with Crippen LogP contribution in [0.5, 0.6) is 0 Å². The number of nitrogens with one attached hydrogen (secondary N) is 1. The zero-order chi connectivity index (χ0) is 10.3. The van der Waals surface area contributed by atoms with Crippen molar-refractivity contribution in [3.8, 4) is 0 Å². The van der Waals surface area contributed by atoms with Gasteiger partial charge in [0.25, 0.3) is 0 Å². The Morgan fingerprint density at radius 1 is 1.20 bits per heavy atom. The highest BCUT2D eigenvalue weighted by Crippen LogP contribution is 2.46. The predicted octanol–water partition coefficient (Wildman–Crippen LogP) is 4.15. The van der Waals surface area contributed by atoms with E-state index in [-0.39, 0.29) is 0 Å². The van der Waals surface area contributed by atoms with Crippen LogP contribution in [0.4, 0.5) is 5.69 Å². The molecular formula is C13H16BrN. The first kappa shape index (κ1) is 9.71. The molecule has 1 N–H and O–H groups in total. The summed E-state index contributed by atoms with van der Waals surface area (Å²) in [5.41, 5.74) is 2.89. The summed E-state index contributed by atoms with van der Waals surface area (Å²) in [6, 6.07) is 6.60. The van der Waals surface area contributed by atoms with Crippen LogP contribution in [0.2, 0.25) is 0 Å². The van der Waals surface area contributed by atoms with Gasteiger partial charge in [-0.15, -0.1) is 0 Å². The van der Waals surface area contributed by atoms with E-state index in [0.717, 1.165) is 18.4 Å². The van der Waals surface area contributed by atoms with Gasteiger partial charge in [0.15, 0.2) is 0 Å². The van der Waals surface area contributed by atoms with Crippen LogP contribution in [0, 0.1) is 5.92 Å². The SMILES string of the molecule is Brc1cccc2c1NCCC2C1CCC1. The Kier molecular flexibility index (Phi) is 2.47. The molecule has 0 radical (unpaired) electrons. The monoisotopic (exact) mass is 265 g/mol. The molecule has 2 heteroatoms. The smallest absolute Gasteiger partial charge is 0.0520 e. The molecule has 1 aliphatic heterocycles. The van der Waals surface area contributed by atoms with Gasteiger partial charge >= 0.3 is 0 Å². The Hall–Kier alpha value is -0.500. The molecule has 0 aromatic heterocycles. The van der Waals surface area contributed by atoms with Crippen molar-refractivity contribution in [2.75, 3.05) is 11.9 Å². The summed E-state index contributed by atoms with van der Waals surface area (Å²) in [7, 11) is 0. The molecule has 1 atom stereocenters. The third-order valence-corrected chi connectivity index (χ3v) is 4.58. The molecule has 0 saturated heterocycles. The first-order valence-corrected chi connectivity index (χ1v) is 6.68. The largest absolute Gasteiger partial charge is 0.384 e. The highest BCUT2D eigenvalue weighted by Gasteiger charge is 2.31. The summed E-state index contributed by atoms with van der Waals surface area (Å²) in [4.78, 5) is 0. The van der Waals surface area contributed by atoms with E-state index in [1.807, 2.05) is 0 Å². The van der Waals surface area contributed by atoms with E-state index >= 15 is 0 Å². The molecule has 0 amide bonds. The van der Waals surface area contributed by atoms with Gasteiger partial charge in [-0.1, -0.05) is 18.6 Å². The molecule has 15 heavy (non-hydrogen) atoms. The normalized spacial score (nSPS) is 25.3. The summed E-state index contributed by atoms with van der Waals surface area (Å²) in [5.74, 6) is 1.77. The number of anilines is 1. The van der Waals surface area contributed by atoms with Gasteiger partial charge in [-0.25, -0.2) is 0 Å².